The Morgan fingerprint density at radius 1 is 1.11 bits per heavy atom. The highest BCUT2D eigenvalue weighted by molar-refractivity contribution is 7.89. The van der Waals surface area contributed by atoms with Gasteiger partial charge in [-0.2, -0.15) is 4.31 Å². The van der Waals surface area contributed by atoms with Crippen molar-refractivity contribution in [3.05, 3.63) is 53.1 Å². The van der Waals surface area contributed by atoms with Crippen LogP contribution in [0.1, 0.15) is 55.1 Å². The molecule has 1 fully saturated rings. The first-order valence-electron chi connectivity index (χ1n) is 13.2. The highest BCUT2D eigenvalue weighted by Crippen LogP contribution is 2.32. The van der Waals surface area contributed by atoms with Gasteiger partial charge in [-0.15, -0.1) is 12.4 Å². The number of rotatable bonds is 9. The maximum absolute atomic E-state index is 13.8. The molecule has 0 bridgehead atoms. The standard InChI is InChI=1S/C28H38N4O3S2.ClH/c1-6-30(7-2)15-16-32(28-29-26-22(5)17-21(4)18-25(26)36-28)27(33)23-10-12-24(13-11-23)37(34,35)31-14-8-9-20(3)19-31;/h10-13,17-18,20H,6-9,14-16,19H2,1-5H3;1H. The fourth-order valence-electron chi connectivity index (χ4n) is 4.98. The summed E-state index contributed by atoms with van der Waals surface area (Å²) in [5.41, 5.74) is 3.64. The largest absolute Gasteiger partial charge is 0.302 e. The number of piperidine rings is 1. The first kappa shape index (κ1) is 30.5. The predicted octanol–water partition coefficient (Wildman–Crippen LogP) is 5.74. The molecule has 1 unspecified atom stereocenters. The fraction of sp³-hybridized carbons (Fsp3) is 0.500. The van der Waals surface area contributed by atoms with Crippen LogP contribution in [0.4, 0.5) is 5.13 Å². The molecule has 2 aromatic carbocycles. The van der Waals surface area contributed by atoms with E-state index in [9.17, 15) is 13.2 Å². The van der Waals surface area contributed by atoms with Crippen LogP contribution in [0.2, 0.25) is 0 Å². The molecular formula is C28H39ClN4O3S2. The van der Waals surface area contributed by atoms with E-state index in [0.717, 1.165) is 48.3 Å². The van der Waals surface area contributed by atoms with Crippen LogP contribution in [0.3, 0.4) is 0 Å². The molecule has 1 aliphatic heterocycles. The minimum atomic E-state index is -3.57. The summed E-state index contributed by atoms with van der Waals surface area (Å²) in [4.78, 5) is 22.9. The molecule has 208 valence electrons. The van der Waals surface area contributed by atoms with Crippen molar-refractivity contribution < 1.29 is 13.2 Å². The van der Waals surface area contributed by atoms with Crippen molar-refractivity contribution in [2.75, 3.05) is 44.2 Å². The van der Waals surface area contributed by atoms with E-state index in [4.69, 9.17) is 4.98 Å². The van der Waals surface area contributed by atoms with Gasteiger partial charge < -0.3 is 4.90 Å². The van der Waals surface area contributed by atoms with Gasteiger partial charge in [0.05, 0.1) is 15.1 Å². The molecule has 0 saturated carbocycles. The average Bonchev–Trinajstić information content (AvgIpc) is 3.30. The molecule has 2 heterocycles. The number of amides is 1. The Morgan fingerprint density at radius 2 is 1.79 bits per heavy atom. The Kier molecular flexibility index (Phi) is 10.3. The van der Waals surface area contributed by atoms with Crippen LogP contribution >= 0.6 is 23.7 Å². The molecule has 4 rings (SSSR count). The van der Waals surface area contributed by atoms with Gasteiger partial charge in [-0.25, -0.2) is 13.4 Å². The molecule has 7 nitrogen and oxygen atoms in total. The van der Waals surface area contributed by atoms with Crippen molar-refractivity contribution in [1.29, 1.82) is 0 Å². The smallest absolute Gasteiger partial charge is 0.260 e. The minimum Gasteiger partial charge on any atom is -0.302 e. The van der Waals surface area contributed by atoms with Crippen molar-refractivity contribution >= 4 is 55.0 Å². The number of hydrogen-bond donors (Lipinski definition) is 0. The predicted molar refractivity (Wildman–Crippen MR) is 159 cm³/mol. The molecule has 0 aliphatic carbocycles. The lowest BCUT2D eigenvalue weighted by Gasteiger charge is -2.30. The monoisotopic (exact) mass is 578 g/mol. The summed E-state index contributed by atoms with van der Waals surface area (Å²) in [5.74, 6) is 0.182. The number of nitrogens with zero attached hydrogens (tertiary/aromatic N) is 4. The number of sulfonamides is 1. The Hall–Kier alpha value is -2.04. The zero-order valence-corrected chi connectivity index (χ0v) is 25.4. The Bertz CT molecular complexity index is 1350. The van der Waals surface area contributed by atoms with Crippen molar-refractivity contribution in [1.82, 2.24) is 14.2 Å². The second-order valence-corrected chi connectivity index (χ2v) is 13.0. The van der Waals surface area contributed by atoms with Crippen LogP contribution in [-0.2, 0) is 10.0 Å². The molecule has 10 heteroatoms. The third-order valence-electron chi connectivity index (χ3n) is 7.19. The first-order chi connectivity index (χ1) is 17.6. The van der Waals surface area contributed by atoms with E-state index in [1.165, 1.54) is 16.9 Å². The zero-order chi connectivity index (χ0) is 26.7. The summed E-state index contributed by atoms with van der Waals surface area (Å²) in [7, 11) is -3.57. The van der Waals surface area contributed by atoms with Gasteiger partial charge >= 0.3 is 0 Å². The summed E-state index contributed by atoms with van der Waals surface area (Å²) >= 11 is 1.52. The lowest BCUT2D eigenvalue weighted by Crippen LogP contribution is -2.39. The highest BCUT2D eigenvalue weighted by atomic mass is 35.5. The second-order valence-electron chi connectivity index (χ2n) is 10.0. The topological polar surface area (TPSA) is 73.8 Å². The van der Waals surface area contributed by atoms with E-state index in [0.29, 0.717) is 36.2 Å². The number of aryl methyl sites for hydroxylation is 2. The molecule has 1 atom stereocenters. The summed E-state index contributed by atoms with van der Waals surface area (Å²) in [6.45, 7) is 14.5. The summed E-state index contributed by atoms with van der Waals surface area (Å²) in [6.07, 6.45) is 1.92. The van der Waals surface area contributed by atoms with E-state index in [2.05, 4.69) is 44.7 Å². The maximum Gasteiger partial charge on any atom is 0.260 e. The van der Waals surface area contributed by atoms with Crippen LogP contribution in [0.15, 0.2) is 41.3 Å². The van der Waals surface area contributed by atoms with Crippen molar-refractivity contribution in [2.24, 2.45) is 5.92 Å². The Balaban J connectivity index is 0.00000400. The molecule has 1 aliphatic rings. The first-order valence-corrected chi connectivity index (χ1v) is 15.4. The number of fused-ring (bicyclic) bond motifs is 1. The quantitative estimate of drug-likeness (QED) is 0.323. The molecule has 0 radical (unpaired) electrons. The summed E-state index contributed by atoms with van der Waals surface area (Å²) in [6, 6.07) is 10.6. The maximum atomic E-state index is 13.8. The number of aromatic nitrogens is 1. The molecule has 0 N–H and O–H groups in total. The third kappa shape index (κ3) is 6.57. The molecule has 1 amide bonds. The number of halogens is 1. The van der Waals surface area contributed by atoms with E-state index < -0.39 is 10.0 Å². The highest BCUT2D eigenvalue weighted by Gasteiger charge is 2.29. The second kappa shape index (κ2) is 12.9. The minimum absolute atomic E-state index is 0. The van der Waals surface area contributed by atoms with Gasteiger partial charge in [0.15, 0.2) is 5.13 Å². The van der Waals surface area contributed by atoms with Gasteiger partial charge in [-0.1, -0.05) is 38.2 Å². The molecule has 1 saturated heterocycles. The molecular weight excluding hydrogens is 540 g/mol. The van der Waals surface area contributed by atoms with Crippen LogP contribution in [0.25, 0.3) is 10.2 Å². The molecule has 0 spiro atoms. The van der Waals surface area contributed by atoms with Crippen molar-refractivity contribution in [3.63, 3.8) is 0 Å². The van der Waals surface area contributed by atoms with Gasteiger partial charge in [-0.05, 0) is 87.2 Å². The van der Waals surface area contributed by atoms with Crippen molar-refractivity contribution in [2.45, 2.75) is 52.4 Å². The zero-order valence-electron chi connectivity index (χ0n) is 22.9. The summed E-state index contributed by atoms with van der Waals surface area (Å²) in [5, 5.41) is 0.667. The number of carbonyl (C=O) groups excluding carboxylic acids is 1. The van der Waals surface area contributed by atoms with Crippen LogP contribution in [-0.4, -0.2) is 67.8 Å². The fourth-order valence-corrected chi connectivity index (χ4v) is 7.74. The van der Waals surface area contributed by atoms with Gasteiger partial charge in [0.2, 0.25) is 10.0 Å². The van der Waals surface area contributed by atoms with E-state index in [-0.39, 0.29) is 23.2 Å². The third-order valence-corrected chi connectivity index (χ3v) is 10.1. The summed E-state index contributed by atoms with van der Waals surface area (Å²) < 4.78 is 29.0. The van der Waals surface area contributed by atoms with Crippen LogP contribution in [0.5, 0.6) is 0 Å². The SMILES string of the molecule is CCN(CC)CCN(C(=O)c1ccc(S(=O)(=O)N2CCCC(C)C2)cc1)c1nc2c(C)cc(C)cc2s1.Cl. The molecule has 38 heavy (non-hydrogen) atoms. The molecule has 3 aromatic rings. The van der Waals surface area contributed by atoms with Gasteiger partial charge in [0.25, 0.3) is 5.91 Å². The van der Waals surface area contributed by atoms with E-state index in [1.54, 1.807) is 33.5 Å². The number of anilines is 1. The number of thiazole rings is 1. The number of carbonyl (C=O) groups is 1. The average molecular weight is 579 g/mol. The van der Waals surface area contributed by atoms with Crippen LogP contribution < -0.4 is 4.90 Å². The van der Waals surface area contributed by atoms with E-state index in [1.807, 2.05) is 6.92 Å². The van der Waals surface area contributed by atoms with Crippen molar-refractivity contribution in [3.8, 4) is 0 Å². The van der Waals surface area contributed by atoms with Gasteiger partial charge in [0.1, 0.15) is 0 Å². The van der Waals surface area contributed by atoms with Gasteiger partial charge in [-0.3, -0.25) is 9.69 Å². The number of likely N-dealkylation sites (N-methyl/N-ethyl adjacent to an activating group) is 1. The Labute approximate surface area is 237 Å². The lowest BCUT2D eigenvalue weighted by atomic mass is 10.0. The lowest BCUT2D eigenvalue weighted by molar-refractivity contribution is 0.0983. The number of hydrogen-bond acceptors (Lipinski definition) is 6. The molecule has 1 aromatic heterocycles. The normalized spacial score (nSPS) is 16.5. The Morgan fingerprint density at radius 3 is 2.42 bits per heavy atom. The van der Waals surface area contributed by atoms with Gasteiger partial charge in [0, 0.05) is 31.7 Å². The number of benzene rings is 2. The van der Waals surface area contributed by atoms with E-state index >= 15 is 0 Å². The van der Waals surface area contributed by atoms with Crippen LogP contribution in [0, 0.1) is 19.8 Å².